The lowest BCUT2D eigenvalue weighted by Crippen LogP contribution is -2.49. The number of ketones is 1. The van der Waals surface area contributed by atoms with Gasteiger partial charge in [0.1, 0.15) is 0 Å². The molecule has 7 heteroatoms. The number of benzene rings is 1. The minimum atomic E-state index is -0.275. The number of carbonyl (C=O) groups is 2. The molecule has 1 fully saturated rings. The number of rotatable bonds is 4. The van der Waals surface area contributed by atoms with Crippen molar-refractivity contribution in [2.75, 3.05) is 37.7 Å². The van der Waals surface area contributed by atoms with Crippen LogP contribution in [0.1, 0.15) is 40.7 Å². The molecule has 2 aromatic rings. The molecule has 1 atom stereocenters. The van der Waals surface area contributed by atoms with Crippen molar-refractivity contribution in [1.82, 2.24) is 14.9 Å². The molecule has 31 heavy (non-hydrogen) atoms. The number of ether oxygens (including phenoxy) is 1. The average molecular weight is 421 g/mol. The summed E-state index contributed by atoms with van der Waals surface area (Å²) in [5.41, 5.74) is 3.37. The van der Waals surface area contributed by atoms with Crippen LogP contribution in [0.15, 0.2) is 36.4 Å². The zero-order valence-electron chi connectivity index (χ0n) is 18.1. The Hall–Kier alpha value is -3.22. The quantitative estimate of drug-likeness (QED) is 0.753. The van der Waals surface area contributed by atoms with E-state index in [1.165, 1.54) is 0 Å². The van der Waals surface area contributed by atoms with Gasteiger partial charge >= 0.3 is 6.09 Å². The third-order valence-electron chi connectivity index (χ3n) is 5.78. The van der Waals surface area contributed by atoms with E-state index >= 15 is 0 Å². The maximum Gasteiger partial charge on any atom is 0.409 e. The van der Waals surface area contributed by atoms with Crippen molar-refractivity contribution >= 4 is 23.9 Å². The molecule has 1 aromatic heterocycles. The third kappa shape index (κ3) is 4.76. The third-order valence-corrected chi connectivity index (χ3v) is 5.78. The van der Waals surface area contributed by atoms with E-state index in [0.29, 0.717) is 50.7 Å². The fraction of sp³-hybridized carbons (Fsp3) is 0.417. The van der Waals surface area contributed by atoms with E-state index in [4.69, 9.17) is 9.72 Å². The molecule has 0 spiro atoms. The number of nitrogens with zero attached hydrogens (tertiary/aromatic N) is 4. The average Bonchev–Trinajstić information content (AvgIpc) is 2.78. The topological polar surface area (TPSA) is 75.6 Å². The number of aromatic nitrogens is 2. The fourth-order valence-electron chi connectivity index (χ4n) is 4.18. The number of carbonyl (C=O) groups excluding carboxylic acids is 2. The molecule has 1 aromatic carbocycles. The Kier molecular flexibility index (Phi) is 6.30. The molecule has 1 saturated heterocycles. The van der Waals surface area contributed by atoms with Gasteiger partial charge in [0.25, 0.3) is 0 Å². The first-order valence-corrected chi connectivity index (χ1v) is 10.9. The number of allylic oxidation sites excluding steroid dienone is 1. The van der Waals surface area contributed by atoms with Gasteiger partial charge in [0.15, 0.2) is 5.78 Å². The highest BCUT2D eigenvalue weighted by Gasteiger charge is 2.30. The minimum absolute atomic E-state index is 0.111. The lowest BCUT2D eigenvalue weighted by molar-refractivity contribution is 0.0955. The minimum Gasteiger partial charge on any atom is -0.450 e. The monoisotopic (exact) mass is 420 g/mol. The molecule has 7 nitrogen and oxygen atoms in total. The van der Waals surface area contributed by atoms with E-state index in [-0.39, 0.29) is 17.8 Å². The van der Waals surface area contributed by atoms with Gasteiger partial charge in [0.05, 0.1) is 23.6 Å². The molecule has 4 rings (SSSR count). The molecule has 2 heterocycles. The molecule has 1 aliphatic heterocycles. The summed E-state index contributed by atoms with van der Waals surface area (Å²) < 4.78 is 5.09. The normalized spacial score (nSPS) is 18.9. The number of aryl methyl sites for hydroxylation is 1. The van der Waals surface area contributed by atoms with Gasteiger partial charge in [-0.25, -0.2) is 14.8 Å². The molecule has 1 unspecified atom stereocenters. The van der Waals surface area contributed by atoms with E-state index in [2.05, 4.69) is 34.2 Å². The number of piperazine rings is 1. The van der Waals surface area contributed by atoms with Crippen LogP contribution < -0.4 is 4.90 Å². The molecule has 162 valence electrons. The summed E-state index contributed by atoms with van der Waals surface area (Å²) in [5, 5.41) is 0. The first kappa shape index (κ1) is 21.0. The first-order valence-electron chi connectivity index (χ1n) is 10.9. The van der Waals surface area contributed by atoms with Crippen LogP contribution in [-0.4, -0.2) is 59.5 Å². The van der Waals surface area contributed by atoms with Crippen LogP contribution >= 0.6 is 0 Å². The number of fused-ring (bicyclic) bond motifs is 1. The molecule has 2 aliphatic rings. The molecule has 1 aliphatic carbocycles. The smallest absolute Gasteiger partial charge is 0.409 e. The van der Waals surface area contributed by atoms with Crippen molar-refractivity contribution in [3.63, 3.8) is 0 Å². The van der Waals surface area contributed by atoms with Crippen LogP contribution in [0.4, 0.5) is 10.7 Å². The summed E-state index contributed by atoms with van der Waals surface area (Å²) >= 11 is 0. The Labute approximate surface area is 182 Å². The van der Waals surface area contributed by atoms with Crippen LogP contribution in [-0.2, 0) is 11.2 Å². The van der Waals surface area contributed by atoms with Crippen LogP contribution in [0.2, 0.25) is 0 Å². The van der Waals surface area contributed by atoms with E-state index in [9.17, 15) is 9.59 Å². The van der Waals surface area contributed by atoms with Gasteiger partial charge in [-0.05, 0) is 31.7 Å². The van der Waals surface area contributed by atoms with Crippen molar-refractivity contribution in [3.05, 3.63) is 58.9 Å². The zero-order valence-corrected chi connectivity index (χ0v) is 18.1. The van der Waals surface area contributed by atoms with Gasteiger partial charge in [-0.3, -0.25) is 4.79 Å². The highest BCUT2D eigenvalue weighted by atomic mass is 16.6. The van der Waals surface area contributed by atoms with E-state index < -0.39 is 0 Å². The van der Waals surface area contributed by atoms with Gasteiger partial charge < -0.3 is 14.5 Å². The second kappa shape index (κ2) is 9.29. The van der Waals surface area contributed by atoms with Gasteiger partial charge in [-0.2, -0.15) is 0 Å². The molecule has 0 radical (unpaired) electrons. The number of anilines is 1. The van der Waals surface area contributed by atoms with Crippen LogP contribution in [0.3, 0.4) is 0 Å². The van der Waals surface area contributed by atoms with E-state index in [1.807, 2.05) is 32.0 Å². The number of hydrogen-bond donors (Lipinski definition) is 0. The number of hydrogen-bond acceptors (Lipinski definition) is 6. The summed E-state index contributed by atoms with van der Waals surface area (Å²) in [7, 11) is 0. The van der Waals surface area contributed by atoms with Crippen molar-refractivity contribution < 1.29 is 14.3 Å². The van der Waals surface area contributed by atoms with Crippen molar-refractivity contribution in [2.45, 2.75) is 26.7 Å². The summed E-state index contributed by atoms with van der Waals surface area (Å²) in [6.07, 6.45) is 5.13. The van der Waals surface area contributed by atoms with Crippen molar-refractivity contribution in [2.24, 2.45) is 5.92 Å². The maximum atomic E-state index is 12.8. The second-order valence-corrected chi connectivity index (χ2v) is 7.97. The summed E-state index contributed by atoms with van der Waals surface area (Å²) in [4.78, 5) is 37.9. The van der Waals surface area contributed by atoms with Crippen LogP contribution in [0.25, 0.3) is 6.08 Å². The van der Waals surface area contributed by atoms with Crippen LogP contribution in [0.5, 0.6) is 0 Å². The Bertz CT molecular complexity index is 982. The van der Waals surface area contributed by atoms with Crippen molar-refractivity contribution in [1.29, 1.82) is 0 Å². The lowest BCUT2D eigenvalue weighted by Gasteiger charge is -2.34. The van der Waals surface area contributed by atoms with E-state index in [0.717, 1.165) is 23.4 Å². The molecule has 0 bridgehead atoms. The fourth-order valence-corrected chi connectivity index (χ4v) is 4.18. The summed E-state index contributed by atoms with van der Waals surface area (Å²) in [6.45, 7) is 6.49. The highest BCUT2D eigenvalue weighted by Crippen LogP contribution is 2.29. The van der Waals surface area contributed by atoms with Crippen LogP contribution in [0, 0.1) is 12.8 Å². The largest absolute Gasteiger partial charge is 0.450 e. The second-order valence-electron chi connectivity index (χ2n) is 7.97. The first-order chi connectivity index (χ1) is 15.0. The van der Waals surface area contributed by atoms with E-state index in [1.54, 1.807) is 4.90 Å². The van der Waals surface area contributed by atoms with Gasteiger partial charge in [-0.1, -0.05) is 42.5 Å². The Morgan fingerprint density at radius 3 is 2.58 bits per heavy atom. The maximum absolute atomic E-state index is 12.8. The Balaban J connectivity index is 1.49. The lowest BCUT2D eigenvalue weighted by atomic mass is 9.85. The molecular formula is C24H28N4O3. The standard InChI is InChI=1S/C24H28N4O3/c1-3-31-24(30)28-13-11-27(12-14-28)23-25-17(2)22-20(26-23)15-19(16-21(22)29)10-9-18-7-5-4-6-8-18/h4-10,19H,3,11-16H2,1-2H3/b10-9+. The molecule has 1 amide bonds. The Morgan fingerprint density at radius 1 is 1.13 bits per heavy atom. The number of amides is 1. The SMILES string of the molecule is CCOC(=O)N1CCN(c2nc(C)c3c(n2)CC(/C=C/c2ccccc2)CC3=O)CC1. The molecule has 0 N–H and O–H groups in total. The van der Waals surface area contributed by atoms with Gasteiger partial charge in [0, 0.05) is 32.6 Å². The highest BCUT2D eigenvalue weighted by molar-refractivity contribution is 5.99. The Morgan fingerprint density at radius 2 is 1.87 bits per heavy atom. The molecule has 0 saturated carbocycles. The van der Waals surface area contributed by atoms with Gasteiger partial charge in [0.2, 0.25) is 5.95 Å². The predicted molar refractivity (Wildman–Crippen MR) is 119 cm³/mol. The number of Topliss-reactive ketones (excluding diaryl/α,β-unsaturated/α-hetero) is 1. The molecular weight excluding hydrogens is 392 g/mol. The summed E-state index contributed by atoms with van der Waals surface area (Å²) in [5.74, 6) is 0.878. The zero-order chi connectivity index (χ0) is 21.8. The van der Waals surface area contributed by atoms with Crippen molar-refractivity contribution in [3.8, 4) is 0 Å². The summed E-state index contributed by atoms with van der Waals surface area (Å²) in [6, 6.07) is 10.1. The van der Waals surface area contributed by atoms with Gasteiger partial charge in [-0.15, -0.1) is 0 Å². The predicted octanol–water partition coefficient (Wildman–Crippen LogP) is 3.52.